The summed E-state index contributed by atoms with van der Waals surface area (Å²) in [7, 11) is 3.74. The lowest BCUT2D eigenvalue weighted by Gasteiger charge is -2.25. The van der Waals surface area contributed by atoms with E-state index in [9.17, 15) is 0 Å². The Morgan fingerprint density at radius 2 is 2.00 bits per heavy atom. The fourth-order valence-electron chi connectivity index (χ4n) is 3.09. The molecule has 116 valence electrons. The lowest BCUT2D eigenvalue weighted by molar-refractivity contribution is 0.397. The first kappa shape index (κ1) is 17.0. The van der Waals surface area contributed by atoms with Gasteiger partial charge in [0.2, 0.25) is 0 Å². The van der Waals surface area contributed by atoms with Gasteiger partial charge in [0.1, 0.15) is 5.75 Å². The van der Waals surface area contributed by atoms with Crippen LogP contribution in [-0.2, 0) is 0 Å². The lowest BCUT2D eigenvalue weighted by Crippen LogP contribution is -2.19. The second kappa shape index (κ2) is 8.35. The number of rotatable bonds is 5. The first-order chi connectivity index (χ1) is 10.2. The molecule has 2 rings (SSSR count). The van der Waals surface area contributed by atoms with Crippen molar-refractivity contribution in [3.8, 4) is 5.75 Å². The summed E-state index contributed by atoms with van der Waals surface area (Å²) in [6.07, 6.45) is 9.02. The van der Waals surface area contributed by atoms with Crippen LogP contribution < -0.4 is 10.1 Å². The molecule has 0 radical (unpaired) electrons. The second-order valence-electron chi connectivity index (χ2n) is 5.59. The predicted octanol–water partition coefficient (Wildman–Crippen LogP) is 5.40. The van der Waals surface area contributed by atoms with E-state index in [0.29, 0.717) is 5.92 Å². The summed E-state index contributed by atoms with van der Waals surface area (Å²) >= 11 is 7.15. The molecule has 1 saturated carbocycles. The van der Waals surface area contributed by atoms with Crippen LogP contribution in [-0.4, -0.2) is 20.7 Å². The van der Waals surface area contributed by atoms with E-state index in [1.165, 1.54) is 37.7 Å². The Hall–Kier alpha value is -0.320. The average Bonchev–Trinajstić information content (AvgIpc) is 2.47. The van der Waals surface area contributed by atoms with Gasteiger partial charge in [0.05, 0.1) is 11.6 Å². The van der Waals surface area contributed by atoms with Crippen LogP contribution in [0, 0.1) is 5.92 Å². The number of halogens is 2. The Morgan fingerprint density at radius 3 is 2.62 bits per heavy atom. The predicted molar refractivity (Wildman–Crippen MR) is 96.9 cm³/mol. The molecule has 21 heavy (non-hydrogen) atoms. The Morgan fingerprint density at radius 1 is 1.29 bits per heavy atom. The summed E-state index contributed by atoms with van der Waals surface area (Å²) < 4.78 is 7.61. The van der Waals surface area contributed by atoms with Gasteiger partial charge in [0.25, 0.3) is 0 Å². The quantitative estimate of drug-likeness (QED) is 0.693. The third-order valence-electron chi connectivity index (χ3n) is 4.09. The fourth-order valence-corrected chi connectivity index (χ4v) is 4.51. The molecule has 1 aliphatic rings. The van der Waals surface area contributed by atoms with Crippen molar-refractivity contribution in [3.05, 3.63) is 32.2 Å². The molecule has 2 nitrogen and oxygen atoms in total. The first-order valence-electron chi connectivity index (χ1n) is 7.53. The Balaban J connectivity index is 2.36. The number of ether oxygens (including phenoxy) is 1. The molecule has 1 aromatic rings. The Kier molecular flexibility index (Phi) is 6.77. The second-order valence-corrected chi connectivity index (χ2v) is 7.36. The molecule has 0 aliphatic heterocycles. The molecule has 1 aromatic carbocycles. The van der Waals surface area contributed by atoms with Gasteiger partial charge < -0.3 is 10.1 Å². The summed E-state index contributed by atoms with van der Waals surface area (Å²) in [6.45, 7) is 0.942. The van der Waals surface area contributed by atoms with Crippen LogP contribution in [0.2, 0.25) is 0 Å². The van der Waals surface area contributed by atoms with E-state index < -0.39 is 0 Å². The van der Waals surface area contributed by atoms with Crippen molar-refractivity contribution in [2.24, 2.45) is 5.92 Å². The van der Waals surface area contributed by atoms with Gasteiger partial charge in [0, 0.05) is 16.6 Å². The largest absolute Gasteiger partial charge is 0.495 e. The maximum Gasteiger partial charge on any atom is 0.140 e. The Bertz CT molecular complexity index is 508. The normalized spacial score (nSPS) is 17.0. The molecule has 0 bridgehead atoms. The molecule has 1 N–H and O–H groups in total. The highest BCUT2D eigenvalue weighted by Crippen LogP contribution is 2.36. The van der Waals surface area contributed by atoms with E-state index in [0.717, 1.165) is 26.8 Å². The molecule has 4 heteroatoms. The van der Waals surface area contributed by atoms with Crippen molar-refractivity contribution in [2.75, 3.05) is 20.7 Å². The number of benzene rings is 1. The van der Waals surface area contributed by atoms with E-state index in [4.69, 9.17) is 4.74 Å². The Labute approximate surface area is 144 Å². The van der Waals surface area contributed by atoms with Crippen molar-refractivity contribution in [1.82, 2.24) is 5.32 Å². The van der Waals surface area contributed by atoms with Crippen molar-refractivity contribution in [2.45, 2.75) is 32.1 Å². The van der Waals surface area contributed by atoms with Crippen LogP contribution in [0.4, 0.5) is 0 Å². The number of likely N-dealkylation sites (N-methyl/N-ethyl adjacent to an activating group) is 1. The summed E-state index contributed by atoms with van der Waals surface area (Å²) in [5.74, 6) is 1.61. The van der Waals surface area contributed by atoms with Gasteiger partial charge in [0.15, 0.2) is 0 Å². The van der Waals surface area contributed by atoms with Crippen molar-refractivity contribution >= 4 is 37.9 Å². The summed E-state index contributed by atoms with van der Waals surface area (Å²) in [5, 5.41) is 3.32. The first-order valence-corrected chi connectivity index (χ1v) is 9.12. The highest BCUT2D eigenvalue weighted by molar-refractivity contribution is 9.11. The molecule has 0 atom stereocenters. The zero-order valence-corrected chi connectivity index (χ0v) is 15.9. The molecule has 0 heterocycles. The third kappa shape index (κ3) is 4.57. The number of nitrogens with one attached hydrogen (secondary N) is 1. The van der Waals surface area contributed by atoms with Crippen molar-refractivity contribution < 1.29 is 4.74 Å². The molecule has 0 aromatic heterocycles. The summed E-state index contributed by atoms with van der Waals surface area (Å²) in [5.41, 5.74) is 2.62. The number of methoxy groups -OCH3 is 1. The van der Waals surface area contributed by atoms with E-state index in [-0.39, 0.29) is 0 Å². The molecular formula is C17H23Br2NO. The molecule has 0 saturated heterocycles. The maximum atomic E-state index is 5.56. The van der Waals surface area contributed by atoms with E-state index in [1.807, 2.05) is 13.1 Å². The van der Waals surface area contributed by atoms with Gasteiger partial charge in [-0.25, -0.2) is 0 Å². The van der Waals surface area contributed by atoms with Gasteiger partial charge >= 0.3 is 0 Å². The standard InChI is InChI=1S/C17H23Br2NO/c1-20-11-14(12-6-4-3-5-7-12)8-13-9-15(18)10-16(19)17(13)21-2/h8-10,12,20H,3-7,11H2,1-2H3/b14-8-. The summed E-state index contributed by atoms with van der Waals surface area (Å²) in [6, 6.07) is 4.15. The molecular weight excluding hydrogens is 394 g/mol. The van der Waals surface area contributed by atoms with Crippen LogP contribution >= 0.6 is 31.9 Å². The molecule has 0 amide bonds. The van der Waals surface area contributed by atoms with Crippen LogP contribution in [0.3, 0.4) is 0 Å². The zero-order chi connectivity index (χ0) is 15.2. The summed E-state index contributed by atoms with van der Waals surface area (Å²) in [4.78, 5) is 0. The third-order valence-corrected chi connectivity index (χ3v) is 5.14. The van der Waals surface area contributed by atoms with Crippen molar-refractivity contribution in [3.63, 3.8) is 0 Å². The maximum absolute atomic E-state index is 5.56. The van der Waals surface area contributed by atoms with Gasteiger partial charge in [-0.1, -0.05) is 46.8 Å². The number of hydrogen-bond acceptors (Lipinski definition) is 2. The zero-order valence-electron chi connectivity index (χ0n) is 12.7. The highest BCUT2D eigenvalue weighted by Gasteiger charge is 2.18. The minimum Gasteiger partial charge on any atom is -0.495 e. The highest BCUT2D eigenvalue weighted by atomic mass is 79.9. The molecule has 0 unspecified atom stereocenters. The minimum atomic E-state index is 0.702. The minimum absolute atomic E-state index is 0.702. The van der Waals surface area contributed by atoms with Gasteiger partial charge in [-0.15, -0.1) is 0 Å². The van der Waals surface area contributed by atoms with Gasteiger partial charge in [-0.2, -0.15) is 0 Å². The average molecular weight is 417 g/mol. The monoisotopic (exact) mass is 415 g/mol. The van der Waals surface area contributed by atoms with E-state index in [1.54, 1.807) is 7.11 Å². The molecule has 1 fully saturated rings. The van der Waals surface area contributed by atoms with Crippen LogP contribution in [0.15, 0.2) is 26.7 Å². The van der Waals surface area contributed by atoms with Crippen molar-refractivity contribution in [1.29, 1.82) is 0 Å². The smallest absolute Gasteiger partial charge is 0.140 e. The van der Waals surface area contributed by atoms with Crippen LogP contribution in [0.1, 0.15) is 37.7 Å². The van der Waals surface area contributed by atoms with E-state index >= 15 is 0 Å². The molecule has 1 aliphatic carbocycles. The van der Waals surface area contributed by atoms with Crippen LogP contribution in [0.25, 0.3) is 6.08 Å². The fraction of sp³-hybridized carbons (Fsp3) is 0.529. The molecule has 0 spiro atoms. The lowest BCUT2D eigenvalue weighted by atomic mass is 9.83. The van der Waals surface area contributed by atoms with Gasteiger partial charge in [-0.05, 0) is 53.9 Å². The van der Waals surface area contributed by atoms with E-state index in [2.05, 4.69) is 49.3 Å². The number of hydrogen-bond donors (Lipinski definition) is 1. The SMILES string of the molecule is CNC/C(=C/c1cc(Br)cc(Br)c1OC)C1CCCCC1. The van der Waals surface area contributed by atoms with Gasteiger partial charge in [-0.3, -0.25) is 0 Å². The van der Waals surface area contributed by atoms with Crippen LogP contribution in [0.5, 0.6) is 5.75 Å². The topological polar surface area (TPSA) is 21.3 Å².